The van der Waals surface area contributed by atoms with E-state index in [9.17, 15) is 0 Å². The fourth-order valence-electron chi connectivity index (χ4n) is 1.71. The van der Waals surface area contributed by atoms with Gasteiger partial charge in [-0.05, 0) is 30.7 Å². The van der Waals surface area contributed by atoms with Crippen LogP contribution in [-0.4, -0.2) is 11.0 Å². The van der Waals surface area contributed by atoms with E-state index in [1.54, 1.807) is 6.20 Å². The van der Waals surface area contributed by atoms with Gasteiger partial charge in [0.2, 0.25) is 5.89 Å². The molecule has 0 fully saturated rings. The molecule has 1 heterocycles. The summed E-state index contributed by atoms with van der Waals surface area (Å²) in [6.07, 6.45) is 1.79. The monoisotopic (exact) mass is 308 g/mol. The van der Waals surface area contributed by atoms with Gasteiger partial charge in [-0.25, -0.2) is 4.98 Å². The summed E-state index contributed by atoms with van der Waals surface area (Å²) in [5, 5.41) is 3.29. The Morgan fingerprint density at radius 3 is 2.83 bits per heavy atom. The maximum Gasteiger partial charge on any atom is 0.208 e. The van der Waals surface area contributed by atoms with E-state index >= 15 is 0 Å². The van der Waals surface area contributed by atoms with Crippen molar-refractivity contribution in [2.45, 2.75) is 33.4 Å². The van der Waals surface area contributed by atoms with E-state index in [4.69, 9.17) is 4.42 Å². The molecule has 0 bridgehead atoms. The number of hydrogen-bond acceptors (Lipinski definition) is 3. The van der Waals surface area contributed by atoms with Gasteiger partial charge in [0, 0.05) is 16.1 Å². The third-order valence-corrected chi connectivity index (χ3v) is 3.16. The molecule has 1 N–H and O–H groups in total. The van der Waals surface area contributed by atoms with E-state index in [2.05, 4.69) is 53.1 Å². The predicted molar refractivity (Wildman–Crippen MR) is 76.4 cm³/mol. The van der Waals surface area contributed by atoms with Crippen molar-refractivity contribution in [1.29, 1.82) is 0 Å². The molecule has 0 radical (unpaired) electrons. The standard InChI is InChI=1S/C14H17BrN2O/c1-9(2)16-8-14-17-7-13(18-14)12-5-4-11(15)6-10(12)3/h4-7,9,16H,8H2,1-3H3. The summed E-state index contributed by atoms with van der Waals surface area (Å²) >= 11 is 3.46. The second kappa shape index (κ2) is 5.67. The van der Waals surface area contributed by atoms with Crippen LogP contribution in [0.3, 0.4) is 0 Å². The summed E-state index contributed by atoms with van der Waals surface area (Å²) in [6.45, 7) is 6.92. The first kappa shape index (κ1) is 13.3. The highest BCUT2D eigenvalue weighted by Gasteiger charge is 2.09. The first-order valence-electron chi connectivity index (χ1n) is 6.01. The van der Waals surface area contributed by atoms with Crippen LogP contribution in [0.1, 0.15) is 25.3 Å². The Hall–Kier alpha value is -1.13. The van der Waals surface area contributed by atoms with Gasteiger partial charge in [0.25, 0.3) is 0 Å². The number of benzene rings is 1. The minimum atomic E-state index is 0.426. The van der Waals surface area contributed by atoms with Crippen molar-refractivity contribution in [3.8, 4) is 11.3 Å². The summed E-state index contributed by atoms with van der Waals surface area (Å²) in [6, 6.07) is 6.55. The molecule has 0 saturated carbocycles. The van der Waals surface area contributed by atoms with Crippen LogP contribution in [0.5, 0.6) is 0 Å². The van der Waals surface area contributed by atoms with Gasteiger partial charge in [-0.1, -0.05) is 29.8 Å². The quantitative estimate of drug-likeness (QED) is 0.930. The largest absolute Gasteiger partial charge is 0.439 e. The highest BCUT2D eigenvalue weighted by Crippen LogP contribution is 2.26. The van der Waals surface area contributed by atoms with E-state index in [0.29, 0.717) is 12.6 Å². The second-order valence-electron chi connectivity index (χ2n) is 4.61. The van der Waals surface area contributed by atoms with E-state index in [0.717, 1.165) is 21.7 Å². The van der Waals surface area contributed by atoms with E-state index in [-0.39, 0.29) is 0 Å². The Kier molecular flexibility index (Phi) is 4.19. The number of nitrogens with zero attached hydrogens (tertiary/aromatic N) is 1. The van der Waals surface area contributed by atoms with Crippen molar-refractivity contribution in [2.24, 2.45) is 0 Å². The van der Waals surface area contributed by atoms with Gasteiger partial charge >= 0.3 is 0 Å². The summed E-state index contributed by atoms with van der Waals surface area (Å²) in [5.74, 6) is 1.54. The average molecular weight is 309 g/mol. The molecule has 4 heteroatoms. The summed E-state index contributed by atoms with van der Waals surface area (Å²) < 4.78 is 6.83. The molecule has 0 aliphatic rings. The zero-order chi connectivity index (χ0) is 13.1. The molecule has 1 aromatic heterocycles. The van der Waals surface area contributed by atoms with Crippen molar-refractivity contribution >= 4 is 15.9 Å². The lowest BCUT2D eigenvalue weighted by molar-refractivity contribution is 0.459. The van der Waals surface area contributed by atoms with Gasteiger partial charge in [0.1, 0.15) is 0 Å². The molecule has 2 aromatic rings. The molecule has 1 aromatic carbocycles. The Bertz CT molecular complexity index is 534. The Morgan fingerprint density at radius 1 is 1.39 bits per heavy atom. The molecule has 0 aliphatic heterocycles. The number of rotatable bonds is 4. The molecular formula is C14H17BrN2O. The Morgan fingerprint density at radius 2 is 2.17 bits per heavy atom. The lowest BCUT2D eigenvalue weighted by atomic mass is 10.1. The molecule has 0 spiro atoms. The highest BCUT2D eigenvalue weighted by atomic mass is 79.9. The Labute approximate surface area is 116 Å². The fourth-order valence-corrected chi connectivity index (χ4v) is 2.19. The molecule has 0 atom stereocenters. The summed E-state index contributed by atoms with van der Waals surface area (Å²) in [5.41, 5.74) is 2.25. The van der Waals surface area contributed by atoms with Crippen molar-refractivity contribution in [1.82, 2.24) is 10.3 Å². The van der Waals surface area contributed by atoms with Crippen LogP contribution in [0.4, 0.5) is 0 Å². The zero-order valence-electron chi connectivity index (χ0n) is 10.8. The number of nitrogens with one attached hydrogen (secondary N) is 1. The highest BCUT2D eigenvalue weighted by molar-refractivity contribution is 9.10. The fraction of sp³-hybridized carbons (Fsp3) is 0.357. The number of halogens is 1. The van der Waals surface area contributed by atoms with Crippen LogP contribution in [0, 0.1) is 6.92 Å². The minimum absolute atomic E-state index is 0.426. The third-order valence-electron chi connectivity index (χ3n) is 2.67. The van der Waals surface area contributed by atoms with Gasteiger partial charge in [-0.15, -0.1) is 0 Å². The SMILES string of the molecule is Cc1cc(Br)ccc1-c1cnc(CNC(C)C)o1. The molecular weight excluding hydrogens is 292 g/mol. The Balaban J connectivity index is 2.18. The van der Waals surface area contributed by atoms with E-state index in [1.165, 1.54) is 5.56 Å². The number of oxazole rings is 1. The predicted octanol–water partition coefficient (Wildman–Crippen LogP) is 3.91. The van der Waals surface area contributed by atoms with E-state index in [1.807, 2.05) is 12.1 Å². The van der Waals surface area contributed by atoms with Gasteiger partial charge in [-0.3, -0.25) is 0 Å². The number of aromatic nitrogens is 1. The van der Waals surface area contributed by atoms with Crippen molar-refractivity contribution in [2.75, 3.05) is 0 Å². The minimum Gasteiger partial charge on any atom is -0.439 e. The van der Waals surface area contributed by atoms with Crippen LogP contribution >= 0.6 is 15.9 Å². The lowest BCUT2D eigenvalue weighted by Crippen LogP contribution is -2.21. The van der Waals surface area contributed by atoms with Gasteiger partial charge < -0.3 is 9.73 Å². The molecule has 3 nitrogen and oxygen atoms in total. The molecule has 2 rings (SSSR count). The second-order valence-corrected chi connectivity index (χ2v) is 5.53. The number of hydrogen-bond donors (Lipinski definition) is 1. The first-order chi connectivity index (χ1) is 8.56. The van der Waals surface area contributed by atoms with Crippen LogP contribution in [0.2, 0.25) is 0 Å². The maximum atomic E-state index is 5.75. The van der Waals surface area contributed by atoms with Crippen LogP contribution in [0.25, 0.3) is 11.3 Å². The molecule has 0 unspecified atom stereocenters. The van der Waals surface area contributed by atoms with Gasteiger partial charge in [-0.2, -0.15) is 0 Å². The van der Waals surface area contributed by atoms with Gasteiger partial charge in [0.15, 0.2) is 5.76 Å². The average Bonchev–Trinajstić information content (AvgIpc) is 2.75. The van der Waals surface area contributed by atoms with Crippen molar-refractivity contribution in [3.05, 3.63) is 40.3 Å². The maximum absolute atomic E-state index is 5.75. The zero-order valence-corrected chi connectivity index (χ0v) is 12.4. The normalized spacial score (nSPS) is 11.2. The molecule has 96 valence electrons. The summed E-state index contributed by atoms with van der Waals surface area (Å²) in [4.78, 5) is 4.29. The molecule has 0 aliphatic carbocycles. The molecule has 18 heavy (non-hydrogen) atoms. The third kappa shape index (κ3) is 3.21. The topological polar surface area (TPSA) is 38.1 Å². The smallest absolute Gasteiger partial charge is 0.208 e. The number of aryl methyl sites for hydroxylation is 1. The van der Waals surface area contributed by atoms with Crippen LogP contribution in [0.15, 0.2) is 33.3 Å². The first-order valence-corrected chi connectivity index (χ1v) is 6.80. The van der Waals surface area contributed by atoms with Crippen molar-refractivity contribution < 1.29 is 4.42 Å². The van der Waals surface area contributed by atoms with Gasteiger partial charge in [0.05, 0.1) is 12.7 Å². The summed E-state index contributed by atoms with van der Waals surface area (Å²) in [7, 11) is 0. The lowest BCUT2D eigenvalue weighted by Gasteiger charge is -2.05. The van der Waals surface area contributed by atoms with Crippen LogP contribution in [-0.2, 0) is 6.54 Å². The van der Waals surface area contributed by atoms with Crippen LogP contribution < -0.4 is 5.32 Å². The van der Waals surface area contributed by atoms with E-state index < -0.39 is 0 Å². The van der Waals surface area contributed by atoms with Crippen molar-refractivity contribution in [3.63, 3.8) is 0 Å². The molecule has 0 saturated heterocycles. The molecule has 0 amide bonds.